The fraction of sp³-hybridized carbons (Fsp3) is 0.571. The zero-order valence-corrected chi connectivity index (χ0v) is 13.3. The molecule has 18 heavy (non-hydrogen) atoms. The molecule has 0 spiro atoms. The topological polar surface area (TPSA) is 6.48 Å². The number of hydrogen-bond donors (Lipinski definition) is 0. The third kappa shape index (κ3) is 2.63. The number of benzene rings is 1. The van der Waals surface area contributed by atoms with Crippen molar-refractivity contribution < 1.29 is 0 Å². The molecule has 98 valence electrons. The lowest BCUT2D eigenvalue weighted by molar-refractivity contribution is 0.133. The van der Waals surface area contributed by atoms with E-state index in [-0.39, 0.29) is 0 Å². The maximum absolute atomic E-state index is 6.04. The monoisotopic (exact) mass is 376 g/mol. The number of piperidine rings is 1. The number of rotatable bonds is 1. The van der Waals surface area contributed by atoms with Crippen LogP contribution in [0.15, 0.2) is 18.2 Å². The second-order valence-electron chi connectivity index (χ2n) is 5.23. The summed E-state index contributed by atoms with van der Waals surface area (Å²) >= 11 is 8.43. The van der Waals surface area contributed by atoms with E-state index in [0.717, 1.165) is 17.6 Å². The first kappa shape index (κ1) is 13.0. The van der Waals surface area contributed by atoms with Crippen molar-refractivity contribution in [2.24, 2.45) is 0 Å². The van der Waals surface area contributed by atoms with E-state index in [0.29, 0.717) is 0 Å². The number of nitrogens with zero attached hydrogens (tertiary/aromatic N) is 2. The molecule has 0 N–H and O–H groups in total. The summed E-state index contributed by atoms with van der Waals surface area (Å²) in [5.41, 5.74) is 1.35. The lowest BCUT2D eigenvalue weighted by Gasteiger charge is -2.45. The second kappa shape index (κ2) is 5.55. The first-order chi connectivity index (χ1) is 8.74. The first-order valence-corrected chi connectivity index (χ1v) is 8.14. The molecule has 4 heteroatoms. The van der Waals surface area contributed by atoms with E-state index in [9.17, 15) is 0 Å². The molecule has 1 aromatic carbocycles. The van der Waals surface area contributed by atoms with Crippen LogP contribution in [0, 0.1) is 3.57 Å². The predicted octanol–water partition coefficient (Wildman–Crippen LogP) is 3.62. The van der Waals surface area contributed by atoms with Crippen molar-refractivity contribution in [2.75, 3.05) is 31.1 Å². The Hall–Kier alpha value is -0.000000000000000111. The molecule has 3 rings (SSSR count). The molecular weight excluding hydrogens is 359 g/mol. The largest absolute Gasteiger partial charge is 0.368 e. The van der Waals surface area contributed by atoms with Gasteiger partial charge in [-0.25, -0.2) is 0 Å². The Morgan fingerprint density at radius 2 is 2.06 bits per heavy atom. The summed E-state index contributed by atoms with van der Waals surface area (Å²) in [7, 11) is 0. The van der Waals surface area contributed by atoms with E-state index >= 15 is 0 Å². The van der Waals surface area contributed by atoms with Crippen LogP contribution in [0.25, 0.3) is 0 Å². The summed E-state index contributed by atoms with van der Waals surface area (Å²) in [6.07, 6.45) is 4.14. The van der Waals surface area contributed by atoms with E-state index in [1.54, 1.807) is 0 Å². The van der Waals surface area contributed by atoms with Gasteiger partial charge in [-0.05, 0) is 60.2 Å². The van der Waals surface area contributed by atoms with E-state index in [4.69, 9.17) is 11.6 Å². The molecule has 2 aliphatic heterocycles. The number of anilines is 1. The minimum Gasteiger partial charge on any atom is -0.368 e. The third-order valence-corrected chi connectivity index (χ3v) is 5.19. The number of fused-ring (bicyclic) bond motifs is 1. The predicted molar refractivity (Wildman–Crippen MR) is 85.6 cm³/mol. The number of hydrogen-bond acceptors (Lipinski definition) is 2. The van der Waals surface area contributed by atoms with Crippen LogP contribution in [-0.4, -0.2) is 37.1 Å². The van der Waals surface area contributed by atoms with Crippen LogP contribution in [0.1, 0.15) is 19.3 Å². The summed E-state index contributed by atoms with van der Waals surface area (Å²) in [5.74, 6) is 0. The molecule has 1 atom stereocenters. The third-order valence-electron chi connectivity index (χ3n) is 4.09. The van der Waals surface area contributed by atoms with E-state index < -0.39 is 0 Å². The van der Waals surface area contributed by atoms with Gasteiger partial charge in [0.1, 0.15) is 0 Å². The lowest BCUT2D eigenvalue weighted by atomic mass is 9.99. The highest BCUT2D eigenvalue weighted by molar-refractivity contribution is 14.1. The minimum atomic E-state index is 0.763. The maximum atomic E-state index is 6.04. The van der Waals surface area contributed by atoms with Crippen LogP contribution in [0.3, 0.4) is 0 Å². The van der Waals surface area contributed by atoms with Crippen molar-refractivity contribution in [3.8, 4) is 0 Å². The van der Waals surface area contributed by atoms with Gasteiger partial charge in [-0.1, -0.05) is 18.0 Å². The minimum absolute atomic E-state index is 0.763. The lowest BCUT2D eigenvalue weighted by Crippen LogP contribution is -2.55. The van der Waals surface area contributed by atoms with Crippen molar-refractivity contribution in [1.29, 1.82) is 0 Å². The molecule has 2 saturated heterocycles. The Labute approximate surface area is 127 Å². The van der Waals surface area contributed by atoms with E-state index in [2.05, 4.69) is 44.5 Å². The highest BCUT2D eigenvalue weighted by atomic mass is 127. The average molecular weight is 377 g/mol. The summed E-state index contributed by atoms with van der Waals surface area (Å²) in [6.45, 7) is 4.84. The SMILES string of the molecule is Clc1ccc(N2CCN3CCCCC3C2)c(I)c1. The summed E-state index contributed by atoms with van der Waals surface area (Å²) in [4.78, 5) is 5.20. The Balaban J connectivity index is 1.77. The zero-order valence-electron chi connectivity index (χ0n) is 10.4. The molecule has 0 aromatic heterocycles. The summed E-state index contributed by atoms with van der Waals surface area (Å²) < 4.78 is 1.27. The number of halogens is 2. The van der Waals surface area contributed by atoms with Gasteiger partial charge in [0.15, 0.2) is 0 Å². The molecule has 0 saturated carbocycles. The van der Waals surface area contributed by atoms with Gasteiger partial charge in [-0.15, -0.1) is 0 Å². The molecule has 2 heterocycles. The Morgan fingerprint density at radius 1 is 1.17 bits per heavy atom. The molecule has 2 fully saturated rings. The van der Waals surface area contributed by atoms with Gasteiger partial charge in [0.25, 0.3) is 0 Å². The molecular formula is C14H18ClIN2. The van der Waals surface area contributed by atoms with Gasteiger partial charge in [-0.3, -0.25) is 4.90 Å². The summed E-state index contributed by atoms with van der Waals surface area (Å²) in [5, 5.41) is 0.833. The molecule has 0 aliphatic carbocycles. The van der Waals surface area contributed by atoms with Gasteiger partial charge in [0.2, 0.25) is 0 Å². The van der Waals surface area contributed by atoms with Crippen molar-refractivity contribution in [2.45, 2.75) is 25.3 Å². The van der Waals surface area contributed by atoms with Crippen LogP contribution in [0.2, 0.25) is 5.02 Å². The van der Waals surface area contributed by atoms with Gasteiger partial charge < -0.3 is 4.90 Å². The van der Waals surface area contributed by atoms with Crippen LogP contribution >= 0.6 is 34.2 Å². The average Bonchev–Trinajstić information content (AvgIpc) is 2.38. The van der Waals surface area contributed by atoms with Crippen LogP contribution < -0.4 is 4.90 Å². The standard InChI is InChI=1S/C14H18ClIN2/c15-11-4-5-14(13(16)9-11)18-8-7-17-6-2-1-3-12(17)10-18/h4-5,9,12H,1-3,6-8,10H2. The van der Waals surface area contributed by atoms with Crippen molar-refractivity contribution >= 4 is 39.9 Å². The van der Waals surface area contributed by atoms with Crippen molar-refractivity contribution in [1.82, 2.24) is 4.90 Å². The summed E-state index contributed by atoms with van der Waals surface area (Å²) in [6, 6.07) is 7.00. The molecule has 2 aliphatic rings. The van der Waals surface area contributed by atoms with Crippen LogP contribution in [-0.2, 0) is 0 Å². The van der Waals surface area contributed by atoms with Gasteiger partial charge in [0.05, 0.1) is 5.69 Å². The Morgan fingerprint density at radius 3 is 2.89 bits per heavy atom. The smallest absolute Gasteiger partial charge is 0.0503 e. The van der Waals surface area contributed by atoms with E-state index in [1.165, 1.54) is 48.2 Å². The first-order valence-electron chi connectivity index (χ1n) is 6.68. The van der Waals surface area contributed by atoms with Gasteiger partial charge >= 0.3 is 0 Å². The number of piperazine rings is 1. The van der Waals surface area contributed by atoms with E-state index in [1.807, 2.05) is 6.07 Å². The van der Waals surface area contributed by atoms with Crippen molar-refractivity contribution in [3.63, 3.8) is 0 Å². The van der Waals surface area contributed by atoms with Crippen molar-refractivity contribution in [3.05, 3.63) is 26.8 Å². The van der Waals surface area contributed by atoms with Crippen LogP contribution in [0.5, 0.6) is 0 Å². The van der Waals surface area contributed by atoms with Crippen LogP contribution in [0.4, 0.5) is 5.69 Å². The fourth-order valence-corrected chi connectivity index (χ4v) is 4.33. The van der Waals surface area contributed by atoms with Gasteiger partial charge in [0, 0.05) is 34.3 Å². The Bertz CT molecular complexity index is 438. The fourth-order valence-electron chi connectivity index (χ4n) is 3.11. The molecule has 0 bridgehead atoms. The maximum Gasteiger partial charge on any atom is 0.0503 e. The quantitative estimate of drug-likeness (QED) is 0.691. The molecule has 1 unspecified atom stereocenters. The molecule has 0 amide bonds. The molecule has 2 nitrogen and oxygen atoms in total. The molecule has 0 radical (unpaired) electrons. The molecule has 1 aromatic rings. The Kier molecular flexibility index (Phi) is 4.01. The second-order valence-corrected chi connectivity index (χ2v) is 6.83. The highest BCUT2D eigenvalue weighted by Gasteiger charge is 2.29. The highest BCUT2D eigenvalue weighted by Crippen LogP contribution is 2.29. The normalized spacial score (nSPS) is 25.0. The van der Waals surface area contributed by atoms with Gasteiger partial charge in [-0.2, -0.15) is 0 Å². The zero-order chi connectivity index (χ0) is 12.5.